The van der Waals surface area contributed by atoms with Gasteiger partial charge in [0, 0.05) is 20.1 Å². The van der Waals surface area contributed by atoms with Crippen molar-refractivity contribution in [1.82, 2.24) is 10.3 Å². The van der Waals surface area contributed by atoms with Gasteiger partial charge in [-0.15, -0.1) is 0 Å². The van der Waals surface area contributed by atoms with E-state index in [1.807, 2.05) is 6.92 Å². The highest BCUT2D eigenvalue weighted by molar-refractivity contribution is 5.72. The Bertz CT molecular complexity index is 526. The Hall–Kier alpha value is -0.890. The lowest BCUT2D eigenvalue weighted by Gasteiger charge is -2.48. The van der Waals surface area contributed by atoms with E-state index in [1.165, 1.54) is 14.0 Å². The van der Waals surface area contributed by atoms with Crippen LogP contribution in [0.4, 0.5) is 0 Å². The number of nitrogens with one attached hydrogen (secondary N) is 1. The SMILES string of the molecule is CN[C@H]1[C@H](O)[C@@H](O[C@@H]2O[C@@H]([C@H](C)N)CC[C@@H]2N(N)C(C)=O)[C@@H](N)[C@H](O)[C@@H]1OC. The van der Waals surface area contributed by atoms with Crippen LogP contribution in [0.2, 0.25) is 0 Å². The van der Waals surface area contributed by atoms with Crippen molar-refractivity contribution in [3.8, 4) is 0 Å². The number of hydrogen-bond donors (Lipinski definition) is 6. The zero-order valence-electron chi connectivity index (χ0n) is 16.9. The summed E-state index contributed by atoms with van der Waals surface area (Å²) >= 11 is 0. The summed E-state index contributed by atoms with van der Waals surface area (Å²) < 4.78 is 17.3. The third-order valence-corrected chi connectivity index (χ3v) is 5.74. The van der Waals surface area contributed by atoms with Crippen molar-refractivity contribution in [2.75, 3.05) is 14.2 Å². The Morgan fingerprint density at radius 2 is 1.93 bits per heavy atom. The highest BCUT2D eigenvalue weighted by Crippen LogP contribution is 2.30. The molecule has 0 aromatic heterocycles. The number of aliphatic hydroxyl groups excluding tert-OH is 2. The van der Waals surface area contributed by atoms with Crippen LogP contribution >= 0.6 is 0 Å². The Morgan fingerprint density at radius 3 is 2.43 bits per heavy atom. The minimum absolute atomic E-state index is 0.255. The van der Waals surface area contributed by atoms with Gasteiger partial charge in [-0.05, 0) is 26.8 Å². The maximum Gasteiger partial charge on any atom is 0.233 e. The van der Waals surface area contributed by atoms with Gasteiger partial charge in [0.05, 0.1) is 36.4 Å². The first-order valence-electron chi connectivity index (χ1n) is 9.56. The smallest absolute Gasteiger partial charge is 0.233 e. The predicted octanol–water partition coefficient (Wildman–Crippen LogP) is -3.02. The van der Waals surface area contributed by atoms with Crippen LogP contribution in [0.3, 0.4) is 0 Å². The van der Waals surface area contributed by atoms with Crippen molar-refractivity contribution < 1.29 is 29.2 Å². The summed E-state index contributed by atoms with van der Waals surface area (Å²) in [6.45, 7) is 3.16. The normalized spacial score (nSPS) is 42.8. The highest BCUT2D eigenvalue weighted by atomic mass is 16.7. The van der Waals surface area contributed by atoms with Gasteiger partial charge in [0.1, 0.15) is 12.2 Å². The maximum absolute atomic E-state index is 11.8. The highest BCUT2D eigenvalue weighted by Gasteiger charge is 2.51. The largest absolute Gasteiger partial charge is 0.389 e. The number of aliphatic hydroxyl groups is 2. The molecule has 9 N–H and O–H groups in total. The van der Waals surface area contributed by atoms with E-state index in [-0.39, 0.29) is 18.1 Å². The van der Waals surface area contributed by atoms with Crippen molar-refractivity contribution in [1.29, 1.82) is 0 Å². The zero-order chi connectivity index (χ0) is 21.2. The molecule has 28 heavy (non-hydrogen) atoms. The van der Waals surface area contributed by atoms with Gasteiger partial charge in [0.2, 0.25) is 5.91 Å². The molecule has 10 atom stereocenters. The number of hydrazine groups is 1. The number of rotatable bonds is 6. The summed E-state index contributed by atoms with van der Waals surface area (Å²) in [6, 6.07) is -2.38. The first-order valence-corrected chi connectivity index (χ1v) is 9.56. The molecule has 1 amide bonds. The molecule has 2 fully saturated rings. The molecule has 0 unspecified atom stereocenters. The Morgan fingerprint density at radius 1 is 1.29 bits per heavy atom. The first-order chi connectivity index (χ1) is 13.1. The van der Waals surface area contributed by atoms with Gasteiger partial charge in [0.25, 0.3) is 0 Å². The molecule has 0 aromatic rings. The molecule has 11 nitrogen and oxygen atoms in total. The van der Waals surface area contributed by atoms with Crippen LogP contribution in [-0.4, -0.2) is 96.3 Å². The third kappa shape index (κ3) is 4.64. The molecule has 2 aliphatic rings. The number of methoxy groups -OCH3 is 1. The van der Waals surface area contributed by atoms with Crippen LogP contribution in [0.15, 0.2) is 0 Å². The second-order valence-electron chi connectivity index (χ2n) is 7.65. The topological polar surface area (TPSA) is 179 Å². The fraction of sp³-hybridized carbons (Fsp3) is 0.941. The predicted molar refractivity (Wildman–Crippen MR) is 101 cm³/mol. The number of nitrogens with zero attached hydrogens (tertiary/aromatic N) is 1. The van der Waals surface area contributed by atoms with Crippen LogP contribution in [0.25, 0.3) is 0 Å². The molecule has 0 radical (unpaired) electrons. The van der Waals surface area contributed by atoms with Crippen LogP contribution < -0.4 is 22.6 Å². The van der Waals surface area contributed by atoms with Crippen LogP contribution in [-0.2, 0) is 19.0 Å². The minimum atomic E-state index is -1.09. The van der Waals surface area contributed by atoms with Gasteiger partial charge in [-0.3, -0.25) is 9.80 Å². The lowest BCUT2D eigenvalue weighted by molar-refractivity contribution is -0.276. The fourth-order valence-corrected chi connectivity index (χ4v) is 4.01. The van der Waals surface area contributed by atoms with E-state index in [1.54, 1.807) is 7.05 Å². The number of hydrogen-bond acceptors (Lipinski definition) is 10. The molecule has 0 bridgehead atoms. The first kappa shape index (κ1) is 23.4. The minimum Gasteiger partial charge on any atom is -0.389 e. The average molecular weight is 405 g/mol. The van der Waals surface area contributed by atoms with E-state index in [0.717, 1.165) is 5.01 Å². The van der Waals surface area contributed by atoms with E-state index < -0.39 is 48.8 Å². The lowest BCUT2D eigenvalue weighted by Crippen LogP contribution is -2.71. The Kier molecular flexibility index (Phi) is 8.14. The molecule has 11 heteroatoms. The van der Waals surface area contributed by atoms with E-state index in [2.05, 4.69) is 5.32 Å². The number of carbonyl (C=O) groups is 1. The third-order valence-electron chi connectivity index (χ3n) is 5.74. The van der Waals surface area contributed by atoms with E-state index in [0.29, 0.717) is 12.8 Å². The molecule has 1 aliphatic heterocycles. The van der Waals surface area contributed by atoms with Gasteiger partial charge in [-0.1, -0.05) is 0 Å². The second kappa shape index (κ2) is 9.74. The summed E-state index contributed by atoms with van der Waals surface area (Å²) in [6.07, 6.45) is -3.97. The molecule has 0 aromatic carbocycles. The van der Waals surface area contributed by atoms with Crippen molar-refractivity contribution in [2.45, 2.75) is 87.7 Å². The second-order valence-corrected chi connectivity index (χ2v) is 7.65. The number of likely N-dealkylation sites (N-methyl/N-ethyl adjacent to an activating group) is 1. The molecular formula is C17H35N5O6. The number of amides is 1. The standard InChI is InChI=1S/C17H35N5O6/c1-7(18)10-6-5-9(22(20)8(2)23)17(27-10)28-15-11(19)13(24)16(26-4)12(21-3)14(15)25/h7,9-17,21,24-25H,5-6,18-20H2,1-4H3/t7-,9-,10+,11-,12-,13-,14-,15-,16+,17-/m0/s1. The summed E-state index contributed by atoms with van der Waals surface area (Å²) in [7, 11) is 3.08. The zero-order valence-corrected chi connectivity index (χ0v) is 16.9. The summed E-state index contributed by atoms with van der Waals surface area (Å²) in [5.41, 5.74) is 12.1. The number of nitrogens with two attached hydrogens (primary N) is 3. The number of carbonyl (C=O) groups excluding carboxylic acids is 1. The Balaban J connectivity index is 2.24. The van der Waals surface area contributed by atoms with Crippen LogP contribution in [0.1, 0.15) is 26.7 Å². The van der Waals surface area contributed by atoms with E-state index >= 15 is 0 Å². The van der Waals surface area contributed by atoms with Crippen molar-refractivity contribution in [3.05, 3.63) is 0 Å². The quantitative estimate of drug-likeness (QED) is 0.151. The molecular weight excluding hydrogens is 370 g/mol. The fourth-order valence-electron chi connectivity index (χ4n) is 4.01. The lowest BCUT2D eigenvalue weighted by atomic mass is 9.81. The van der Waals surface area contributed by atoms with Gasteiger partial charge >= 0.3 is 0 Å². The summed E-state index contributed by atoms with van der Waals surface area (Å²) in [5.74, 6) is 5.57. The van der Waals surface area contributed by atoms with Crippen molar-refractivity contribution >= 4 is 5.91 Å². The molecule has 1 saturated carbocycles. The molecule has 164 valence electrons. The van der Waals surface area contributed by atoms with Crippen molar-refractivity contribution in [3.63, 3.8) is 0 Å². The van der Waals surface area contributed by atoms with E-state index in [4.69, 9.17) is 31.5 Å². The molecule has 2 rings (SSSR count). The van der Waals surface area contributed by atoms with Gasteiger partial charge in [0.15, 0.2) is 6.29 Å². The molecule has 1 heterocycles. The molecule has 1 saturated heterocycles. The van der Waals surface area contributed by atoms with Crippen LogP contribution in [0, 0.1) is 0 Å². The van der Waals surface area contributed by atoms with Gasteiger partial charge in [-0.25, -0.2) is 5.84 Å². The molecule has 1 aliphatic carbocycles. The molecule has 0 spiro atoms. The summed E-state index contributed by atoms with van der Waals surface area (Å²) in [5, 5.41) is 25.3. The van der Waals surface area contributed by atoms with Crippen molar-refractivity contribution in [2.24, 2.45) is 17.3 Å². The van der Waals surface area contributed by atoms with E-state index in [9.17, 15) is 15.0 Å². The van der Waals surface area contributed by atoms with Gasteiger partial charge < -0.3 is 41.2 Å². The average Bonchev–Trinajstić information content (AvgIpc) is 2.66. The maximum atomic E-state index is 11.8. The summed E-state index contributed by atoms with van der Waals surface area (Å²) in [4.78, 5) is 11.8. The van der Waals surface area contributed by atoms with Gasteiger partial charge in [-0.2, -0.15) is 0 Å². The number of ether oxygens (including phenoxy) is 3. The Labute approximate surface area is 165 Å². The monoisotopic (exact) mass is 405 g/mol. The van der Waals surface area contributed by atoms with Crippen LogP contribution in [0.5, 0.6) is 0 Å².